The van der Waals surface area contributed by atoms with Crippen molar-refractivity contribution in [2.24, 2.45) is 0 Å². The Bertz CT molecular complexity index is 360. The highest BCUT2D eigenvalue weighted by Crippen LogP contribution is 2.00. The second-order valence-corrected chi connectivity index (χ2v) is 4.38. The van der Waals surface area contributed by atoms with E-state index in [0.29, 0.717) is 26.3 Å². The van der Waals surface area contributed by atoms with Crippen LogP contribution in [-0.2, 0) is 16.1 Å². The minimum atomic E-state index is -0.154. The van der Waals surface area contributed by atoms with E-state index in [0.717, 1.165) is 13.1 Å². The van der Waals surface area contributed by atoms with Gasteiger partial charge in [0.1, 0.15) is 0 Å². The van der Waals surface area contributed by atoms with Crippen molar-refractivity contribution in [2.75, 3.05) is 32.8 Å². The molecule has 1 fully saturated rings. The van der Waals surface area contributed by atoms with Crippen molar-refractivity contribution in [3.05, 3.63) is 18.5 Å². The fraction of sp³-hybridized carbons (Fsp3) is 0.667. The van der Waals surface area contributed by atoms with E-state index in [-0.39, 0.29) is 11.9 Å². The maximum absolute atomic E-state index is 12.1. The first kappa shape index (κ1) is 13.0. The van der Waals surface area contributed by atoms with Gasteiger partial charge in [0, 0.05) is 32.0 Å². The molecule has 1 aromatic heterocycles. The highest BCUT2D eigenvalue weighted by Gasteiger charge is 2.21. The van der Waals surface area contributed by atoms with Crippen LogP contribution in [0.25, 0.3) is 0 Å². The third-order valence-electron chi connectivity index (χ3n) is 3.04. The second kappa shape index (κ2) is 6.51. The molecule has 1 amide bonds. The topological polar surface area (TPSA) is 59.4 Å². The predicted molar refractivity (Wildman–Crippen MR) is 67.1 cm³/mol. The zero-order chi connectivity index (χ0) is 12.8. The van der Waals surface area contributed by atoms with Crippen LogP contribution < -0.4 is 5.32 Å². The summed E-state index contributed by atoms with van der Waals surface area (Å²) in [5.74, 6) is 0.152. The summed E-state index contributed by atoms with van der Waals surface area (Å²) in [5.41, 5.74) is 0. The van der Waals surface area contributed by atoms with Crippen LogP contribution >= 0.6 is 0 Å². The zero-order valence-corrected chi connectivity index (χ0v) is 10.7. The monoisotopic (exact) mass is 252 g/mol. The van der Waals surface area contributed by atoms with Crippen LogP contribution in [0.5, 0.6) is 0 Å². The van der Waals surface area contributed by atoms with Crippen LogP contribution in [0, 0.1) is 0 Å². The lowest BCUT2D eigenvalue weighted by Crippen LogP contribution is -2.49. The van der Waals surface area contributed by atoms with Gasteiger partial charge in [0.05, 0.1) is 25.8 Å². The van der Waals surface area contributed by atoms with E-state index in [9.17, 15) is 4.79 Å². The van der Waals surface area contributed by atoms with Crippen LogP contribution in [0.15, 0.2) is 18.5 Å². The summed E-state index contributed by atoms with van der Waals surface area (Å²) >= 11 is 0. The summed E-state index contributed by atoms with van der Waals surface area (Å²) < 4.78 is 7.08. The molecule has 1 aliphatic heterocycles. The van der Waals surface area contributed by atoms with Crippen molar-refractivity contribution in [1.29, 1.82) is 0 Å². The zero-order valence-electron chi connectivity index (χ0n) is 10.7. The first-order valence-electron chi connectivity index (χ1n) is 6.35. The number of morpholine rings is 1. The quantitative estimate of drug-likeness (QED) is 0.783. The Balaban J connectivity index is 1.70. The molecule has 6 heteroatoms. The molecule has 0 bridgehead atoms. The van der Waals surface area contributed by atoms with Gasteiger partial charge >= 0.3 is 0 Å². The number of carbonyl (C=O) groups excluding carboxylic acids is 1. The van der Waals surface area contributed by atoms with Gasteiger partial charge in [-0.05, 0) is 13.0 Å². The maximum Gasteiger partial charge on any atom is 0.239 e. The van der Waals surface area contributed by atoms with E-state index in [4.69, 9.17) is 4.74 Å². The normalized spacial score (nSPS) is 17.7. The van der Waals surface area contributed by atoms with Crippen molar-refractivity contribution in [3.63, 3.8) is 0 Å². The number of hydrogen-bond donors (Lipinski definition) is 1. The number of hydrogen-bond acceptors (Lipinski definition) is 4. The Morgan fingerprint density at radius 1 is 1.50 bits per heavy atom. The van der Waals surface area contributed by atoms with Gasteiger partial charge in [-0.2, -0.15) is 5.10 Å². The lowest BCUT2D eigenvalue weighted by Gasteiger charge is -2.29. The lowest BCUT2D eigenvalue weighted by molar-refractivity contribution is -0.137. The van der Waals surface area contributed by atoms with Gasteiger partial charge < -0.3 is 15.0 Å². The molecule has 0 saturated carbocycles. The molecule has 0 aromatic carbocycles. The third-order valence-corrected chi connectivity index (χ3v) is 3.04. The average molecular weight is 252 g/mol. The fourth-order valence-corrected chi connectivity index (χ4v) is 1.97. The summed E-state index contributed by atoms with van der Waals surface area (Å²) in [6.45, 7) is 6.10. The Kier molecular flexibility index (Phi) is 4.72. The summed E-state index contributed by atoms with van der Waals surface area (Å²) in [7, 11) is 0. The molecule has 1 aliphatic rings. The fourth-order valence-electron chi connectivity index (χ4n) is 1.97. The molecular weight excluding hydrogens is 232 g/mol. The second-order valence-electron chi connectivity index (χ2n) is 4.38. The summed E-state index contributed by atoms with van der Waals surface area (Å²) in [4.78, 5) is 13.9. The Morgan fingerprint density at radius 3 is 2.94 bits per heavy atom. The van der Waals surface area contributed by atoms with E-state index in [2.05, 4.69) is 10.4 Å². The first-order valence-corrected chi connectivity index (χ1v) is 6.35. The van der Waals surface area contributed by atoms with Crippen molar-refractivity contribution in [1.82, 2.24) is 20.0 Å². The van der Waals surface area contributed by atoms with Crippen molar-refractivity contribution in [2.45, 2.75) is 19.5 Å². The van der Waals surface area contributed by atoms with Gasteiger partial charge in [-0.3, -0.25) is 9.48 Å². The molecule has 2 heterocycles. The van der Waals surface area contributed by atoms with Crippen molar-refractivity contribution >= 4 is 5.91 Å². The highest BCUT2D eigenvalue weighted by atomic mass is 16.5. The van der Waals surface area contributed by atoms with Gasteiger partial charge in [0.25, 0.3) is 0 Å². The Labute approximate surface area is 107 Å². The van der Waals surface area contributed by atoms with Crippen LogP contribution in [0.2, 0.25) is 0 Å². The molecule has 0 radical (unpaired) electrons. The molecule has 100 valence electrons. The van der Waals surface area contributed by atoms with Gasteiger partial charge in [-0.1, -0.05) is 0 Å². The predicted octanol–water partition coefficient (Wildman–Crippen LogP) is -0.280. The molecule has 1 N–H and O–H groups in total. The van der Waals surface area contributed by atoms with Crippen LogP contribution in [0.4, 0.5) is 0 Å². The molecule has 0 spiro atoms. The molecule has 0 aliphatic carbocycles. The van der Waals surface area contributed by atoms with E-state index in [1.54, 1.807) is 6.20 Å². The van der Waals surface area contributed by atoms with Gasteiger partial charge in [0.2, 0.25) is 5.91 Å². The van der Waals surface area contributed by atoms with Gasteiger partial charge in [-0.25, -0.2) is 0 Å². The van der Waals surface area contributed by atoms with Crippen LogP contribution in [0.1, 0.15) is 6.92 Å². The maximum atomic E-state index is 12.1. The average Bonchev–Trinajstić information content (AvgIpc) is 2.92. The minimum absolute atomic E-state index is 0.152. The number of rotatable bonds is 5. The molecule has 18 heavy (non-hydrogen) atoms. The smallest absolute Gasteiger partial charge is 0.239 e. The number of ether oxygens (including phenoxy) is 1. The van der Waals surface area contributed by atoms with Gasteiger partial charge in [-0.15, -0.1) is 0 Å². The number of nitrogens with one attached hydrogen (secondary N) is 1. The standard InChI is InChI=1S/C12H20N4O2/c1-11(12(17)15-7-9-18-10-8-15)13-4-6-16-5-2-3-14-16/h2-3,5,11,13H,4,6-10H2,1H3/t11-/m1/s1. The first-order chi connectivity index (χ1) is 8.77. The third kappa shape index (κ3) is 3.54. The van der Waals surface area contributed by atoms with Crippen molar-refractivity contribution in [3.8, 4) is 0 Å². The number of nitrogens with zero attached hydrogens (tertiary/aromatic N) is 3. The molecule has 6 nitrogen and oxygen atoms in total. The molecule has 1 aromatic rings. The Hall–Kier alpha value is -1.40. The minimum Gasteiger partial charge on any atom is -0.378 e. The number of aromatic nitrogens is 2. The van der Waals surface area contributed by atoms with E-state index < -0.39 is 0 Å². The molecule has 1 atom stereocenters. The van der Waals surface area contributed by atoms with E-state index >= 15 is 0 Å². The molecular formula is C12H20N4O2. The molecule has 0 unspecified atom stereocenters. The highest BCUT2D eigenvalue weighted by molar-refractivity contribution is 5.81. The summed E-state index contributed by atoms with van der Waals surface area (Å²) in [5, 5.41) is 7.34. The van der Waals surface area contributed by atoms with Crippen LogP contribution in [0.3, 0.4) is 0 Å². The summed E-state index contributed by atoms with van der Waals surface area (Å²) in [6, 6.07) is 1.74. The molecule has 2 rings (SSSR count). The van der Waals surface area contributed by atoms with Crippen molar-refractivity contribution < 1.29 is 9.53 Å². The SMILES string of the molecule is C[C@@H](NCCn1cccn1)C(=O)N1CCOCC1. The number of carbonyl (C=O) groups is 1. The lowest BCUT2D eigenvalue weighted by atomic mass is 10.2. The summed E-state index contributed by atoms with van der Waals surface area (Å²) in [6.07, 6.45) is 3.67. The Morgan fingerprint density at radius 2 is 2.28 bits per heavy atom. The van der Waals surface area contributed by atoms with Gasteiger partial charge in [0.15, 0.2) is 0 Å². The van der Waals surface area contributed by atoms with E-state index in [1.165, 1.54) is 0 Å². The van der Waals surface area contributed by atoms with Crippen LogP contribution in [-0.4, -0.2) is 59.5 Å². The largest absolute Gasteiger partial charge is 0.378 e. The van der Waals surface area contributed by atoms with E-state index in [1.807, 2.05) is 28.8 Å². The number of amides is 1. The molecule has 1 saturated heterocycles.